The average molecular weight is 220 g/mol. The van der Waals surface area contributed by atoms with Crippen LogP contribution in [-0.2, 0) is 11.3 Å². The molecule has 0 saturated heterocycles. The molecular weight excluding hydrogens is 207 g/mol. The van der Waals surface area contributed by atoms with Gasteiger partial charge in [-0.15, -0.1) is 0 Å². The summed E-state index contributed by atoms with van der Waals surface area (Å²) in [5.74, 6) is -0.327. The molecule has 0 aromatic heterocycles. The standard InChI is InChI=1S/C10H12O3.K.H/c1-2-13-10(12)9-5-3-8(7-11)4-6-9;;/h3-6,11H,2,7H2,1H3;;. The molecule has 0 aliphatic carbocycles. The van der Waals surface area contributed by atoms with Gasteiger partial charge in [-0.1, -0.05) is 12.1 Å². The zero-order valence-electron chi connectivity index (χ0n) is 7.49. The Bertz CT molecular complexity index is 282. The summed E-state index contributed by atoms with van der Waals surface area (Å²) in [5, 5.41) is 8.75. The summed E-state index contributed by atoms with van der Waals surface area (Å²) in [5.41, 5.74) is 1.30. The van der Waals surface area contributed by atoms with E-state index in [4.69, 9.17) is 9.84 Å². The number of rotatable bonds is 3. The van der Waals surface area contributed by atoms with Gasteiger partial charge in [-0.05, 0) is 24.6 Å². The molecule has 0 aliphatic heterocycles. The Morgan fingerprint density at radius 3 is 2.36 bits per heavy atom. The van der Waals surface area contributed by atoms with E-state index in [1.165, 1.54) is 0 Å². The van der Waals surface area contributed by atoms with Crippen molar-refractivity contribution in [3.05, 3.63) is 35.4 Å². The Morgan fingerprint density at radius 1 is 1.36 bits per heavy atom. The second kappa shape index (κ2) is 7.56. The van der Waals surface area contributed by atoms with E-state index in [1.807, 2.05) is 0 Å². The van der Waals surface area contributed by atoms with Gasteiger partial charge < -0.3 is 9.84 Å². The molecule has 14 heavy (non-hydrogen) atoms. The number of hydrogen-bond donors (Lipinski definition) is 1. The number of esters is 1. The fourth-order valence-electron chi connectivity index (χ4n) is 0.961. The van der Waals surface area contributed by atoms with Crippen LogP contribution in [0, 0.1) is 0 Å². The van der Waals surface area contributed by atoms with E-state index < -0.39 is 0 Å². The molecule has 0 heterocycles. The first-order valence-electron chi connectivity index (χ1n) is 4.15. The van der Waals surface area contributed by atoms with Crippen LogP contribution in [0.5, 0.6) is 0 Å². The van der Waals surface area contributed by atoms with Crippen LogP contribution in [0.25, 0.3) is 0 Å². The van der Waals surface area contributed by atoms with Crippen LogP contribution in [0.4, 0.5) is 0 Å². The summed E-state index contributed by atoms with van der Waals surface area (Å²) in [7, 11) is 0. The predicted octanol–water partition coefficient (Wildman–Crippen LogP) is 0.707. The van der Waals surface area contributed by atoms with E-state index in [1.54, 1.807) is 31.2 Å². The molecule has 0 spiro atoms. The number of aliphatic hydroxyl groups is 1. The van der Waals surface area contributed by atoms with Crippen molar-refractivity contribution in [3.63, 3.8) is 0 Å². The van der Waals surface area contributed by atoms with E-state index in [2.05, 4.69) is 0 Å². The first-order valence-corrected chi connectivity index (χ1v) is 4.15. The Kier molecular flexibility index (Phi) is 7.72. The Labute approximate surface area is 126 Å². The monoisotopic (exact) mass is 220 g/mol. The molecule has 72 valence electrons. The number of carbonyl (C=O) groups is 1. The van der Waals surface area contributed by atoms with Gasteiger partial charge in [0.05, 0.1) is 18.8 Å². The van der Waals surface area contributed by atoms with Gasteiger partial charge in [-0.3, -0.25) is 0 Å². The first kappa shape index (κ1) is 14.3. The number of hydrogen-bond acceptors (Lipinski definition) is 3. The third-order valence-electron chi connectivity index (χ3n) is 1.65. The fourth-order valence-corrected chi connectivity index (χ4v) is 0.961. The summed E-state index contributed by atoms with van der Waals surface area (Å²) in [6.07, 6.45) is 0. The van der Waals surface area contributed by atoms with Crippen molar-refractivity contribution in [3.8, 4) is 0 Å². The summed E-state index contributed by atoms with van der Waals surface area (Å²) < 4.78 is 4.80. The van der Waals surface area contributed by atoms with Gasteiger partial charge in [0.2, 0.25) is 0 Å². The summed E-state index contributed by atoms with van der Waals surface area (Å²) in [6, 6.07) is 6.69. The average Bonchev–Trinajstić information content (AvgIpc) is 2.18. The minimum atomic E-state index is -0.327. The number of carbonyl (C=O) groups excluding carboxylic acids is 1. The van der Waals surface area contributed by atoms with E-state index in [9.17, 15) is 4.79 Å². The Hall–Kier alpha value is 0.286. The molecule has 4 heteroatoms. The van der Waals surface area contributed by atoms with Crippen molar-refractivity contribution in [2.75, 3.05) is 6.61 Å². The predicted molar refractivity (Wildman–Crippen MR) is 55.5 cm³/mol. The van der Waals surface area contributed by atoms with Crippen LogP contribution >= 0.6 is 0 Å². The SMILES string of the molecule is CCOC(=O)c1ccc(CO)cc1.[KH]. The Morgan fingerprint density at radius 2 is 1.93 bits per heavy atom. The van der Waals surface area contributed by atoms with Crippen LogP contribution < -0.4 is 0 Å². The molecule has 1 rings (SSSR count). The zero-order chi connectivity index (χ0) is 9.68. The van der Waals surface area contributed by atoms with Gasteiger partial charge in [0, 0.05) is 0 Å². The topological polar surface area (TPSA) is 46.5 Å². The molecule has 0 bridgehead atoms. The van der Waals surface area contributed by atoms with Gasteiger partial charge in [-0.2, -0.15) is 0 Å². The van der Waals surface area contributed by atoms with Crippen LogP contribution in [0.15, 0.2) is 24.3 Å². The molecule has 0 saturated carbocycles. The van der Waals surface area contributed by atoms with Crippen LogP contribution in [0.2, 0.25) is 0 Å². The van der Waals surface area contributed by atoms with Crippen molar-refractivity contribution in [2.45, 2.75) is 13.5 Å². The molecule has 0 atom stereocenters. The molecule has 1 aromatic carbocycles. The minimum absolute atomic E-state index is 0. The van der Waals surface area contributed by atoms with Crippen LogP contribution in [0.3, 0.4) is 0 Å². The van der Waals surface area contributed by atoms with Gasteiger partial charge in [-0.25, -0.2) is 4.79 Å². The van der Waals surface area contributed by atoms with E-state index in [-0.39, 0.29) is 64.0 Å². The summed E-state index contributed by atoms with van der Waals surface area (Å²) in [6.45, 7) is 2.13. The summed E-state index contributed by atoms with van der Waals surface area (Å²) >= 11 is 0. The second-order valence-electron chi connectivity index (χ2n) is 2.58. The van der Waals surface area contributed by atoms with Crippen molar-refractivity contribution in [2.24, 2.45) is 0 Å². The van der Waals surface area contributed by atoms with Gasteiger partial charge in [0.1, 0.15) is 0 Å². The molecule has 0 fully saturated rings. The first-order chi connectivity index (χ1) is 6.27. The van der Waals surface area contributed by atoms with Crippen LogP contribution in [0.1, 0.15) is 22.8 Å². The van der Waals surface area contributed by atoms with Gasteiger partial charge in [0.25, 0.3) is 0 Å². The van der Waals surface area contributed by atoms with Gasteiger partial charge >= 0.3 is 57.4 Å². The molecule has 0 radical (unpaired) electrons. The molecule has 1 aromatic rings. The quantitative estimate of drug-likeness (QED) is 0.603. The molecule has 0 aliphatic rings. The Balaban J connectivity index is 0.00000169. The number of benzene rings is 1. The normalized spacial score (nSPS) is 9.00. The zero-order valence-corrected chi connectivity index (χ0v) is 7.49. The van der Waals surface area contributed by atoms with Gasteiger partial charge in [0.15, 0.2) is 0 Å². The fraction of sp³-hybridized carbons (Fsp3) is 0.300. The molecule has 1 N–H and O–H groups in total. The molecule has 3 nitrogen and oxygen atoms in total. The van der Waals surface area contributed by atoms with Crippen molar-refractivity contribution < 1.29 is 14.6 Å². The second-order valence-corrected chi connectivity index (χ2v) is 2.58. The van der Waals surface area contributed by atoms with Crippen molar-refractivity contribution >= 4 is 57.4 Å². The van der Waals surface area contributed by atoms with Crippen molar-refractivity contribution in [1.82, 2.24) is 0 Å². The molecular formula is C10H13KO3. The van der Waals surface area contributed by atoms with Crippen LogP contribution in [-0.4, -0.2) is 69.1 Å². The van der Waals surface area contributed by atoms with Crippen molar-refractivity contribution in [1.29, 1.82) is 0 Å². The maximum absolute atomic E-state index is 11.2. The number of aliphatic hydroxyl groups excluding tert-OH is 1. The third kappa shape index (κ3) is 4.21. The molecule has 0 unspecified atom stereocenters. The van der Waals surface area contributed by atoms with E-state index >= 15 is 0 Å². The maximum atomic E-state index is 11.2. The third-order valence-corrected chi connectivity index (χ3v) is 1.65. The molecule has 0 amide bonds. The summed E-state index contributed by atoms with van der Waals surface area (Å²) in [4.78, 5) is 11.2. The van der Waals surface area contributed by atoms with E-state index in [0.29, 0.717) is 12.2 Å². The van der Waals surface area contributed by atoms with E-state index in [0.717, 1.165) is 5.56 Å². The number of ether oxygens (including phenoxy) is 1.